The van der Waals surface area contributed by atoms with E-state index in [0.717, 1.165) is 0 Å². The Morgan fingerprint density at radius 1 is 1.33 bits per heavy atom. The van der Waals surface area contributed by atoms with Gasteiger partial charge in [-0.2, -0.15) is 10.1 Å². The molecule has 0 spiro atoms. The average Bonchev–Trinajstić information content (AvgIpc) is 2.89. The van der Waals surface area contributed by atoms with E-state index in [4.69, 9.17) is 10.5 Å². The van der Waals surface area contributed by atoms with E-state index >= 15 is 0 Å². The molecule has 7 nitrogen and oxygen atoms in total. The maximum Gasteiger partial charge on any atom is 0.273 e. The number of nitrogen functional groups attached to an aromatic ring is 1. The minimum absolute atomic E-state index is 0.0291. The third-order valence-corrected chi connectivity index (χ3v) is 2.67. The van der Waals surface area contributed by atoms with Crippen molar-refractivity contribution < 1.29 is 9.53 Å². The molecule has 0 fully saturated rings. The molecule has 0 aliphatic rings. The third-order valence-electron chi connectivity index (χ3n) is 2.67. The van der Waals surface area contributed by atoms with Crippen molar-refractivity contribution in [3.8, 4) is 11.7 Å². The Bertz CT molecular complexity index is 649. The summed E-state index contributed by atoms with van der Waals surface area (Å²) in [6.45, 7) is 3.80. The number of pyridine rings is 1. The highest BCUT2D eigenvalue weighted by Gasteiger charge is 2.13. The van der Waals surface area contributed by atoms with Gasteiger partial charge in [-0.1, -0.05) is 0 Å². The lowest BCUT2D eigenvalue weighted by molar-refractivity contribution is 0.0821. The number of aromatic nitrogens is 3. The number of hydrogen-bond donors (Lipinski definition) is 1. The molecular weight excluding hydrogens is 270 g/mol. The molecule has 0 bridgehead atoms. The molecule has 0 radical (unpaired) electrons. The first-order chi connectivity index (χ1) is 9.88. The van der Waals surface area contributed by atoms with E-state index in [1.54, 1.807) is 38.5 Å². The Labute approximate surface area is 123 Å². The normalized spacial score (nSPS) is 10.7. The fraction of sp³-hybridized carbons (Fsp3) is 0.357. The SMILES string of the molecule is CC(C)Oc1nc(-n2ccc(C(=O)N(C)C)n2)ccc1N. The summed E-state index contributed by atoms with van der Waals surface area (Å²) in [5.41, 5.74) is 6.65. The monoisotopic (exact) mass is 289 g/mol. The quantitative estimate of drug-likeness (QED) is 0.917. The summed E-state index contributed by atoms with van der Waals surface area (Å²) in [7, 11) is 3.36. The number of anilines is 1. The van der Waals surface area contributed by atoms with Crippen molar-refractivity contribution in [1.29, 1.82) is 0 Å². The van der Waals surface area contributed by atoms with E-state index in [1.165, 1.54) is 9.58 Å². The van der Waals surface area contributed by atoms with Crippen LogP contribution in [0.15, 0.2) is 24.4 Å². The van der Waals surface area contributed by atoms with Gasteiger partial charge in [0.05, 0.1) is 11.8 Å². The predicted octanol–water partition coefficient (Wildman–Crippen LogP) is 1.34. The molecule has 0 saturated carbocycles. The summed E-state index contributed by atoms with van der Waals surface area (Å²) in [5, 5.41) is 4.22. The summed E-state index contributed by atoms with van der Waals surface area (Å²) in [6, 6.07) is 5.07. The number of amides is 1. The molecule has 0 aliphatic heterocycles. The fourth-order valence-corrected chi connectivity index (χ4v) is 1.68. The second kappa shape index (κ2) is 5.82. The van der Waals surface area contributed by atoms with Crippen LogP contribution in [0.3, 0.4) is 0 Å². The number of hydrogen-bond acceptors (Lipinski definition) is 5. The molecule has 2 heterocycles. The van der Waals surface area contributed by atoms with Crippen LogP contribution in [0.2, 0.25) is 0 Å². The zero-order valence-corrected chi connectivity index (χ0v) is 12.6. The topological polar surface area (TPSA) is 86.3 Å². The number of rotatable bonds is 4. The van der Waals surface area contributed by atoms with Crippen molar-refractivity contribution in [1.82, 2.24) is 19.7 Å². The van der Waals surface area contributed by atoms with Gasteiger partial charge in [0.2, 0.25) is 5.88 Å². The van der Waals surface area contributed by atoms with Crippen molar-refractivity contribution in [2.24, 2.45) is 0 Å². The molecule has 7 heteroatoms. The minimum atomic E-state index is -0.164. The van der Waals surface area contributed by atoms with Crippen LogP contribution in [0.5, 0.6) is 5.88 Å². The van der Waals surface area contributed by atoms with Crippen molar-refractivity contribution in [3.63, 3.8) is 0 Å². The van der Waals surface area contributed by atoms with Gasteiger partial charge in [0.15, 0.2) is 11.5 Å². The second-order valence-electron chi connectivity index (χ2n) is 5.08. The molecule has 0 atom stereocenters. The predicted molar refractivity (Wildman–Crippen MR) is 79.6 cm³/mol. The third kappa shape index (κ3) is 3.31. The Morgan fingerprint density at radius 3 is 2.67 bits per heavy atom. The van der Waals surface area contributed by atoms with E-state index in [2.05, 4.69) is 10.1 Å². The van der Waals surface area contributed by atoms with Gasteiger partial charge in [-0.25, -0.2) is 4.68 Å². The second-order valence-corrected chi connectivity index (χ2v) is 5.08. The molecule has 2 aromatic rings. The molecule has 112 valence electrons. The lowest BCUT2D eigenvalue weighted by Gasteiger charge is -2.12. The van der Waals surface area contributed by atoms with E-state index in [-0.39, 0.29) is 12.0 Å². The lowest BCUT2D eigenvalue weighted by Crippen LogP contribution is -2.22. The molecular formula is C14H19N5O2. The number of carbonyl (C=O) groups is 1. The molecule has 0 aromatic carbocycles. The van der Waals surface area contributed by atoms with Crippen LogP contribution in [0, 0.1) is 0 Å². The average molecular weight is 289 g/mol. The first-order valence-corrected chi connectivity index (χ1v) is 6.59. The van der Waals surface area contributed by atoms with Crippen LogP contribution >= 0.6 is 0 Å². The van der Waals surface area contributed by atoms with Crippen LogP contribution in [0.25, 0.3) is 5.82 Å². The lowest BCUT2D eigenvalue weighted by atomic mass is 10.4. The molecule has 0 aliphatic carbocycles. The van der Waals surface area contributed by atoms with E-state index < -0.39 is 0 Å². The van der Waals surface area contributed by atoms with Crippen LogP contribution in [0.1, 0.15) is 24.3 Å². The zero-order chi connectivity index (χ0) is 15.6. The Morgan fingerprint density at radius 2 is 2.05 bits per heavy atom. The summed E-state index contributed by atoms with van der Waals surface area (Å²) < 4.78 is 7.06. The first kappa shape index (κ1) is 14.8. The van der Waals surface area contributed by atoms with E-state index in [0.29, 0.717) is 23.1 Å². The van der Waals surface area contributed by atoms with Crippen LogP contribution in [0.4, 0.5) is 5.69 Å². The Balaban J connectivity index is 2.32. The highest BCUT2D eigenvalue weighted by atomic mass is 16.5. The number of ether oxygens (including phenoxy) is 1. The van der Waals surface area contributed by atoms with E-state index in [1.807, 2.05) is 13.8 Å². The van der Waals surface area contributed by atoms with Crippen molar-refractivity contribution in [2.75, 3.05) is 19.8 Å². The summed E-state index contributed by atoms with van der Waals surface area (Å²) in [5.74, 6) is 0.735. The minimum Gasteiger partial charge on any atom is -0.473 e. The number of nitrogens with two attached hydrogens (primary N) is 1. The molecule has 2 aromatic heterocycles. The Kier molecular flexibility index (Phi) is 4.11. The molecule has 1 amide bonds. The summed E-state index contributed by atoms with van der Waals surface area (Å²) in [4.78, 5) is 17.6. The van der Waals surface area contributed by atoms with Gasteiger partial charge in [0.25, 0.3) is 5.91 Å². The highest BCUT2D eigenvalue weighted by molar-refractivity contribution is 5.91. The molecule has 2 N–H and O–H groups in total. The van der Waals surface area contributed by atoms with Gasteiger partial charge < -0.3 is 15.4 Å². The maximum absolute atomic E-state index is 11.8. The first-order valence-electron chi connectivity index (χ1n) is 6.59. The smallest absolute Gasteiger partial charge is 0.273 e. The summed E-state index contributed by atoms with van der Waals surface area (Å²) >= 11 is 0. The van der Waals surface area contributed by atoms with Gasteiger partial charge >= 0.3 is 0 Å². The van der Waals surface area contributed by atoms with E-state index in [9.17, 15) is 4.79 Å². The molecule has 0 saturated heterocycles. The highest BCUT2D eigenvalue weighted by Crippen LogP contribution is 2.21. The van der Waals surface area contributed by atoms with Crippen molar-refractivity contribution in [2.45, 2.75) is 20.0 Å². The van der Waals surface area contributed by atoms with Crippen molar-refractivity contribution >= 4 is 11.6 Å². The maximum atomic E-state index is 11.8. The van der Waals surface area contributed by atoms with Crippen LogP contribution in [-0.4, -0.2) is 45.8 Å². The zero-order valence-electron chi connectivity index (χ0n) is 12.6. The molecule has 0 unspecified atom stereocenters. The molecule has 21 heavy (non-hydrogen) atoms. The van der Waals surface area contributed by atoms with Gasteiger partial charge in [-0.05, 0) is 32.0 Å². The van der Waals surface area contributed by atoms with Gasteiger partial charge in [0, 0.05) is 20.3 Å². The fourth-order valence-electron chi connectivity index (χ4n) is 1.68. The molecule has 2 rings (SSSR count). The number of nitrogens with zero attached hydrogens (tertiary/aromatic N) is 4. The summed E-state index contributed by atoms with van der Waals surface area (Å²) in [6.07, 6.45) is 1.65. The van der Waals surface area contributed by atoms with Gasteiger partial charge in [-0.15, -0.1) is 0 Å². The van der Waals surface area contributed by atoms with Crippen LogP contribution < -0.4 is 10.5 Å². The number of carbonyl (C=O) groups excluding carboxylic acids is 1. The van der Waals surface area contributed by atoms with Crippen molar-refractivity contribution in [3.05, 3.63) is 30.1 Å². The largest absolute Gasteiger partial charge is 0.473 e. The van der Waals surface area contributed by atoms with Gasteiger partial charge in [0.1, 0.15) is 0 Å². The standard InChI is InChI=1S/C14H19N5O2/c1-9(2)21-13-10(15)5-6-12(16-13)19-8-7-11(17-19)14(20)18(3)4/h5-9H,15H2,1-4H3. The Hall–Kier alpha value is -2.57. The van der Waals surface area contributed by atoms with Gasteiger partial charge in [-0.3, -0.25) is 4.79 Å². The van der Waals surface area contributed by atoms with Crippen LogP contribution in [-0.2, 0) is 0 Å².